The van der Waals surface area contributed by atoms with Crippen LogP contribution in [0.4, 0.5) is 0 Å². The number of carbonyl (C=O) groups is 2. The van der Waals surface area contributed by atoms with Crippen LogP contribution in [-0.2, 0) is 4.79 Å². The van der Waals surface area contributed by atoms with E-state index in [2.05, 4.69) is 10.3 Å². The Hall–Kier alpha value is -1.43. The fourth-order valence-corrected chi connectivity index (χ4v) is 4.64. The summed E-state index contributed by atoms with van der Waals surface area (Å²) in [6.45, 7) is 3.68. The highest BCUT2D eigenvalue weighted by Gasteiger charge is 2.51. The quantitative estimate of drug-likeness (QED) is 0.893. The van der Waals surface area contributed by atoms with Crippen LogP contribution >= 0.6 is 11.3 Å². The number of rotatable bonds is 3. The fourth-order valence-electron chi connectivity index (χ4n) is 3.81. The highest BCUT2D eigenvalue weighted by molar-refractivity contribution is 7.13. The molecule has 4 atom stereocenters. The van der Waals surface area contributed by atoms with Gasteiger partial charge in [-0.05, 0) is 44.9 Å². The Morgan fingerprint density at radius 3 is 2.60 bits per heavy atom. The Kier molecular flexibility index (Phi) is 3.28. The summed E-state index contributed by atoms with van der Waals surface area (Å²) in [5.74, 6) is -0.824. The van der Waals surface area contributed by atoms with E-state index in [0.717, 1.165) is 30.0 Å². The van der Waals surface area contributed by atoms with Gasteiger partial charge in [0.2, 0.25) is 0 Å². The van der Waals surface area contributed by atoms with E-state index in [9.17, 15) is 14.7 Å². The van der Waals surface area contributed by atoms with Gasteiger partial charge < -0.3 is 10.4 Å². The van der Waals surface area contributed by atoms with Crippen molar-refractivity contribution < 1.29 is 14.7 Å². The molecule has 1 heterocycles. The summed E-state index contributed by atoms with van der Waals surface area (Å²) in [6, 6.07) is -0.222. The third kappa shape index (κ3) is 2.12. The fraction of sp³-hybridized carbons (Fsp3) is 0.643. The molecule has 2 fully saturated rings. The molecule has 6 heteroatoms. The number of nitrogens with zero attached hydrogens (tertiary/aromatic N) is 1. The summed E-state index contributed by atoms with van der Waals surface area (Å²) in [5, 5.41) is 13.2. The van der Waals surface area contributed by atoms with Gasteiger partial charge in [-0.25, -0.2) is 4.98 Å². The van der Waals surface area contributed by atoms with Crippen molar-refractivity contribution in [2.75, 3.05) is 0 Å². The van der Waals surface area contributed by atoms with E-state index in [1.54, 1.807) is 0 Å². The highest BCUT2D eigenvalue weighted by atomic mass is 32.1. The molecule has 2 N–H and O–H groups in total. The van der Waals surface area contributed by atoms with Gasteiger partial charge in [0.25, 0.3) is 5.91 Å². The van der Waals surface area contributed by atoms with E-state index in [4.69, 9.17) is 0 Å². The molecule has 0 radical (unpaired) electrons. The van der Waals surface area contributed by atoms with Crippen LogP contribution in [0.2, 0.25) is 0 Å². The van der Waals surface area contributed by atoms with Crippen molar-refractivity contribution in [3.63, 3.8) is 0 Å². The molecule has 5 nitrogen and oxygen atoms in total. The molecular formula is C14H18N2O3S. The van der Waals surface area contributed by atoms with E-state index in [0.29, 0.717) is 10.8 Å². The van der Waals surface area contributed by atoms with Gasteiger partial charge >= 0.3 is 5.97 Å². The van der Waals surface area contributed by atoms with Crippen molar-refractivity contribution in [1.82, 2.24) is 10.3 Å². The van der Waals surface area contributed by atoms with Gasteiger partial charge in [-0.15, -0.1) is 11.3 Å². The van der Waals surface area contributed by atoms with Crippen LogP contribution in [0.15, 0.2) is 0 Å². The van der Waals surface area contributed by atoms with Gasteiger partial charge in [0, 0.05) is 6.04 Å². The maximum absolute atomic E-state index is 12.3. The molecule has 0 aliphatic heterocycles. The third-order valence-electron chi connectivity index (χ3n) is 4.61. The average Bonchev–Trinajstić information content (AvgIpc) is 3.03. The number of amides is 1. The van der Waals surface area contributed by atoms with Gasteiger partial charge in [-0.2, -0.15) is 0 Å². The number of carboxylic acids is 1. The number of hydrogen-bond acceptors (Lipinski definition) is 4. The van der Waals surface area contributed by atoms with Gasteiger partial charge in [-0.1, -0.05) is 0 Å². The standard InChI is InChI=1S/C14H18N2O3S/c1-6-12(20-7(2)15-6)13(17)16-11-9-4-3-8(5-9)10(11)14(18)19/h8-11H,3-5H2,1-2H3,(H,16,17)(H,18,19). The molecule has 3 rings (SSSR count). The third-order valence-corrected chi connectivity index (χ3v) is 5.68. The molecule has 2 aliphatic rings. The first-order valence-corrected chi connectivity index (χ1v) is 7.76. The molecule has 2 saturated carbocycles. The number of aliphatic carboxylic acids is 1. The first kappa shape index (κ1) is 13.5. The van der Waals surface area contributed by atoms with Crippen LogP contribution in [-0.4, -0.2) is 28.0 Å². The molecule has 1 amide bonds. The maximum atomic E-state index is 12.3. The molecule has 1 aromatic heterocycles. The van der Waals surface area contributed by atoms with Crippen molar-refractivity contribution in [2.24, 2.45) is 17.8 Å². The number of thiazole rings is 1. The van der Waals surface area contributed by atoms with Crippen molar-refractivity contribution in [3.8, 4) is 0 Å². The number of hydrogen-bond donors (Lipinski definition) is 2. The Balaban J connectivity index is 1.78. The van der Waals surface area contributed by atoms with Crippen LogP contribution in [0.25, 0.3) is 0 Å². The van der Waals surface area contributed by atoms with E-state index < -0.39 is 11.9 Å². The Morgan fingerprint density at radius 2 is 2.00 bits per heavy atom. The predicted molar refractivity (Wildman–Crippen MR) is 74.8 cm³/mol. The first-order chi connectivity index (χ1) is 9.47. The van der Waals surface area contributed by atoms with E-state index >= 15 is 0 Å². The van der Waals surface area contributed by atoms with Gasteiger partial charge in [0.05, 0.1) is 16.6 Å². The summed E-state index contributed by atoms with van der Waals surface area (Å²) in [4.78, 5) is 28.6. The Labute approximate surface area is 121 Å². The summed E-state index contributed by atoms with van der Waals surface area (Å²) in [6.07, 6.45) is 2.94. The lowest BCUT2D eigenvalue weighted by atomic mass is 9.84. The summed E-state index contributed by atoms with van der Waals surface area (Å²) in [7, 11) is 0. The monoisotopic (exact) mass is 294 g/mol. The molecule has 108 valence electrons. The summed E-state index contributed by atoms with van der Waals surface area (Å²) < 4.78 is 0. The number of aryl methyl sites for hydroxylation is 2. The minimum Gasteiger partial charge on any atom is -0.481 e. The van der Waals surface area contributed by atoms with Gasteiger partial charge in [0.1, 0.15) is 4.88 Å². The van der Waals surface area contributed by atoms with Crippen LogP contribution in [0, 0.1) is 31.6 Å². The predicted octanol–water partition coefficient (Wildman–Crippen LogP) is 1.99. The Bertz CT molecular complexity index is 569. The molecule has 0 aromatic carbocycles. The molecule has 20 heavy (non-hydrogen) atoms. The van der Waals surface area contributed by atoms with E-state index in [1.807, 2.05) is 13.8 Å². The highest BCUT2D eigenvalue weighted by Crippen LogP contribution is 2.48. The summed E-state index contributed by atoms with van der Waals surface area (Å²) in [5.41, 5.74) is 0.722. The van der Waals surface area contributed by atoms with E-state index in [1.165, 1.54) is 11.3 Å². The van der Waals surface area contributed by atoms with E-state index in [-0.39, 0.29) is 17.9 Å². The maximum Gasteiger partial charge on any atom is 0.308 e. The van der Waals surface area contributed by atoms with Crippen LogP contribution in [0.1, 0.15) is 39.6 Å². The second-order valence-electron chi connectivity index (χ2n) is 5.84. The lowest BCUT2D eigenvalue weighted by Crippen LogP contribution is -2.46. The number of carbonyl (C=O) groups excluding carboxylic acids is 1. The second-order valence-corrected chi connectivity index (χ2v) is 7.05. The van der Waals surface area contributed by atoms with Gasteiger partial charge in [-0.3, -0.25) is 9.59 Å². The first-order valence-electron chi connectivity index (χ1n) is 6.95. The lowest BCUT2D eigenvalue weighted by Gasteiger charge is -2.28. The van der Waals surface area contributed by atoms with Crippen LogP contribution in [0.3, 0.4) is 0 Å². The molecule has 0 spiro atoms. The van der Waals surface area contributed by atoms with Crippen molar-refractivity contribution in [2.45, 2.75) is 39.2 Å². The van der Waals surface area contributed by atoms with Crippen LogP contribution in [0.5, 0.6) is 0 Å². The van der Waals surface area contributed by atoms with Crippen molar-refractivity contribution in [1.29, 1.82) is 0 Å². The van der Waals surface area contributed by atoms with Crippen LogP contribution < -0.4 is 5.32 Å². The van der Waals surface area contributed by atoms with Crippen molar-refractivity contribution >= 4 is 23.2 Å². The number of nitrogens with one attached hydrogen (secondary N) is 1. The molecule has 0 saturated heterocycles. The largest absolute Gasteiger partial charge is 0.481 e. The zero-order valence-corrected chi connectivity index (χ0v) is 12.4. The normalized spacial score (nSPS) is 31.5. The lowest BCUT2D eigenvalue weighted by molar-refractivity contribution is -0.144. The molecule has 2 aliphatic carbocycles. The number of carboxylic acid groups (broad SMARTS) is 1. The Morgan fingerprint density at radius 1 is 1.30 bits per heavy atom. The smallest absolute Gasteiger partial charge is 0.308 e. The van der Waals surface area contributed by atoms with Gasteiger partial charge in [0.15, 0.2) is 0 Å². The number of fused-ring (bicyclic) bond motifs is 2. The minimum absolute atomic E-state index is 0.170. The zero-order chi connectivity index (χ0) is 14.4. The molecule has 4 unspecified atom stereocenters. The molecular weight excluding hydrogens is 276 g/mol. The topological polar surface area (TPSA) is 79.3 Å². The SMILES string of the molecule is Cc1nc(C)c(C(=O)NC2C3CCC(C3)C2C(=O)O)s1. The average molecular weight is 294 g/mol. The number of aromatic nitrogens is 1. The summed E-state index contributed by atoms with van der Waals surface area (Å²) >= 11 is 1.36. The molecule has 1 aromatic rings. The zero-order valence-electron chi connectivity index (χ0n) is 11.5. The minimum atomic E-state index is -0.778. The second kappa shape index (κ2) is 4.84. The molecule has 2 bridgehead atoms. The van der Waals surface area contributed by atoms with Crippen molar-refractivity contribution in [3.05, 3.63) is 15.6 Å².